The van der Waals surface area contributed by atoms with Crippen LogP contribution in [0.3, 0.4) is 0 Å². The second kappa shape index (κ2) is 11.1. The molecule has 0 atom stereocenters. The van der Waals surface area contributed by atoms with Crippen LogP contribution in [0.1, 0.15) is 45.0 Å². The fraction of sp³-hybridized carbons (Fsp3) is 0.222. The summed E-state index contributed by atoms with van der Waals surface area (Å²) in [6, 6.07) is 28.5. The maximum Gasteiger partial charge on any atom is 0.352 e. The predicted molar refractivity (Wildman–Crippen MR) is 168 cm³/mol. The molecule has 7 nitrogen and oxygen atoms in total. The molecule has 2 aromatic heterocycles. The summed E-state index contributed by atoms with van der Waals surface area (Å²) in [5, 5.41) is 18.7. The first kappa shape index (κ1) is 27.0. The number of carboxylic acids is 1. The van der Waals surface area contributed by atoms with Crippen LogP contribution in [0.15, 0.2) is 84.9 Å². The number of nitrogens with zero attached hydrogens (tertiary/aromatic N) is 3. The number of aromatic nitrogens is 3. The van der Waals surface area contributed by atoms with E-state index < -0.39 is 5.97 Å². The molecule has 6 aromatic rings. The maximum atomic E-state index is 13.1. The Morgan fingerprint density at radius 2 is 1.67 bits per heavy atom. The number of ether oxygens (including phenoxy) is 2. The smallest absolute Gasteiger partial charge is 0.352 e. The van der Waals surface area contributed by atoms with Crippen molar-refractivity contribution in [2.24, 2.45) is 7.05 Å². The van der Waals surface area contributed by atoms with Crippen LogP contribution in [-0.4, -0.2) is 32.0 Å². The molecule has 0 radical (unpaired) electrons. The zero-order chi connectivity index (χ0) is 29.5. The molecule has 1 aliphatic rings. The Kier molecular flexibility index (Phi) is 6.95. The van der Waals surface area contributed by atoms with Gasteiger partial charge in [-0.05, 0) is 47.9 Å². The topological polar surface area (TPSA) is 78.5 Å². The monoisotopic (exact) mass is 571 g/mol. The average molecular weight is 572 g/mol. The highest BCUT2D eigenvalue weighted by atomic mass is 16.5. The van der Waals surface area contributed by atoms with Gasteiger partial charge in [-0.3, -0.25) is 4.68 Å². The standard InChI is InChI=1S/C36H33N3O4/c1-23-33-30-16-8-15-28-29(17-9-19-43-32-18-7-13-24-10-5-6-14-27(24)32)35(36(40)41)39(34(28)30)20-25-11-3-4-12-26(25)21-42-22-31(33)37-38(23)2/h3-8,10-16,18H,9,17,19-22H2,1-2H3,(H,40,41). The van der Waals surface area contributed by atoms with Gasteiger partial charge in [0, 0.05) is 41.2 Å². The Labute approximate surface area is 249 Å². The van der Waals surface area contributed by atoms with Crippen LogP contribution < -0.4 is 4.74 Å². The van der Waals surface area contributed by atoms with Crippen LogP contribution in [0.25, 0.3) is 32.8 Å². The van der Waals surface area contributed by atoms with Gasteiger partial charge >= 0.3 is 5.97 Å². The Hall–Kier alpha value is -4.88. The molecule has 0 unspecified atom stereocenters. The molecule has 0 fully saturated rings. The Morgan fingerprint density at radius 3 is 2.53 bits per heavy atom. The lowest BCUT2D eigenvalue weighted by Crippen LogP contribution is -2.13. The molecule has 7 heteroatoms. The third-order valence-corrected chi connectivity index (χ3v) is 8.59. The first-order chi connectivity index (χ1) is 21.0. The van der Waals surface area contributed by atoms with Crippen molar-refractivity contribution in [3.05, 3.63) is 119 Å². The van der Waals surface area contributed by atoms with E-state index in [0.29, 0.717) is 44.9 Å². The maximum absolute atomic E-state index is 13.1. The third kappa shape index (κ3) is 4.76. The van der Waals surface area contributed by atoms with Crippen LogP contribution in [0.5, 0.6) is 5.75 Å². The number of hydrogen-bond acceptors (Lipinski definition) is 4. The van der Waals surface area contributed by atoms with Crippen molar-refractivity contribution in [2.45, 2.75) is 39.5 Å². The second-order valence-corrected chi connectivity index (χ2v) is 11.1. The molecule has 1 N–H and O–H groups in total. The molecule has 0 saturated carbocycles. The number of fused-ring (bicyclic) bond motifs is 4. The van der Waals surface area contributed by atoms with E-state index in [1.807, 2.05) is 58.8 Å². The molecule has 216 valence electrons. The summed E-state index contributed by atoms with van der Waals surface area (Å²) in [7, 11) is 1.94. The van der Waals surface area contributed by atoms with E-state index in [9.17, 15) is 9.90 Å². The predicted octanol–water partition coefficient (Wildman–Crippen LogP) is 7.29. The third-order valence-electron chi connectivity index (χ3n) is 8.59. The summed E-state index contributed by atoms with van der Waals surface area (Å²) in [5.41, 5.74) is 7.99. The van der Waals surface area contributed by atoms with Gasteiger partial charge in [0.05, 0.1) is 31.0 Å². The highest BCUT2D eigenvalue weighted by Crippen LogP contribution is 2.39. The first-order valence-electron chi connectivity index (χ1n) is 14.7. The van der Waals surface area contributed by atoms with Crippen LogP contribution in [0, 0.1) is 6.92 Å². The highest BCUT2D eigenvalue weighted by molar-refractivity contribution is 6.04. The number of benzene rings is 4. The first-order valence-corrected chi connectivity index (χ1v) is 14.7. The van der Waals surface area contributed by atoms with Crippen LogP contribution in [-0.2, 0) is 38.0 Å². The van der Waals surface area contributed by atoms with Gasteiger partial charge in [-0.25, -0.2) is 4.79 Å². The van der Waals surface area contributed by atoms with E-state index in [4.69, 9.17) is 14.6 Å². The fourth-order valence-corrected chi connectivity index (χ4v) is 6.50. The Bertz CT molecular complexity index is 2000. The van der Waals surface area contributed by atoms with Crippen molar-refractivity contribution in [2.75, 3.05) is 6.61 Å². The number of rotatable bonds is 6. The molecule has 0 spiro atoms. The lowest BCUT2D eigenvalue weighted by atomic mass is 9.98. The van der Waals surface area contributed by atoms with Gasteiger partial charge < -0.3 is 19.1 Å². The minimum absolute atomic E-state index is 0.325. The highest BCUT2D eigenvalue weighted by Gasteiger charge is 2.27. The molecule has 43 heavy (non-hydrogen) atoms. The summed E-state index contributed by atoms with van der Waals surface area (Å²) in [6.07, 6.45) is 1.25. The zero-order valence-corrected chi connectivity index (χ0v) is 24.3. The number of para-hydroxylation sites is 1. The quantitative estimate of drug-likeness (QED) is 0.212. The number of carboxylic acid groups (broad SMARTS) is 1. The van der Waals surface area contributed by atoms with Gasteiger partial charge in [0.15, 0.2) is 0 Å². The minimum Gasteiger partial charge on any atom is -0.493 e. The van der Waals surface area contributed by atoms with Crippen molar-refractivity contribution < 1.29 is 19.4 Å². The molecule has 0 aliphatic carbocycles. The normalized spacial score (nSPS) is 13.0. The molecular weight excluding hydrogens is 538 g/mol. The lowest BCUT2D eigenvalue weighted by Gasteiger charge is -2.14. The van der Waals surface area contributed by atoms with E-state index in [1.54, 1.807) is 0 Å². The number of aryl methyl sites for hydroxylation is 2. The number of hydrogen-bond donors (Lipinski definition) is 1. The molecule has 1 aliphatic heterocycles. The molecule has 3 heterocycles. The Morgan fingerprint density at radius 1 is 0.930 bits per heavy atom. The van der Waals surface area contributed by atoms with Crippen molar-refractivity contribution in [3.8, 4) is 16.9 Å². The van der Waals surface area contributed by atoms with Crippen LogP contribution >= 0.6 is 0 Å². The van der Waals surface area contributed by atoms with E-state index in [0.717, 1.165) is 66.6 Å². The van der Waals surface area contributed by atoms with Gasteiger partial charge in [0.25, 0.3) is 0 Å². The van der Waals surface area contributed by atoms with Crippen molar-refractivity contribution >= 4 is 27.6 Å². The molecule has 7 rings (SSSR count). The summed E-state index contributed by atoms with van der Waals surface area (Å²) in [5.74, 6) is -0.0898. The summed E-state index contributed by atoms with van der Waals surface area (Å²) < 4.78 is 16.3. The summed E-state index contributed by atoms with van der Waals surface area (Å²) in [6.45, 7) is 3.75. The van der Waals surface area contributed by atoms with E-state index in [1.165, 1.54) is 0 Å². The van der Waals surface area contributed by atoms with E-state index >= 15 is 0 Å². The summed E-state index contributed by atoms with van der Waals surface area (Å²) >= 11 is 0. The van der Waals surface area contributed by atoms with E-state index in [2.05, 4.69) is 49.4 Å². The second-order valence-electron chi connectivity index (χ2n) is 11.1. The molecule has 0 amide bonds. The minimum atomic E-state index is -0.932. The Balaban J connectivity index is 1.34. The zero-order valence-electron chi connectivity index (χ0n) is 24.3. The lowest BCUT2D eigenvalue weighted by molar-refractivity contribution is 0.0684. The van der Waals surface area contributed by atoms with Crippen molar-refractivity contribution in [3.63, 3.8) is 0 Å². The van der Waals surface area contributed by atoms with Crippen LogP contribution in [0.4, 0.5) is 0 Å². The molecule has 4 aromatic carbocycles. The SMILES string of the molecule is Cc1c2c(nn1C)COCc1ccccc1Cn1c(C(=O)O)c(CCCOc3cccc4ccccc34)c3cccc-2c31. The average Bonchev–Trinajstić information content (AvgIpc) is 3.47. The van der Waals surface area contributed by atoms with E-state index in [-0.39, 0.29) is 0 Å². The van der Waals surface area contributed by atoms with Crippen molar-refractivity contribution in [1.29, 1.82) is 0 Å². The fourth-order valence-electron chi connectivity index (χ4n) is 6.50. The van der Waals surface area contributed by atoms with Gasteiger partial charge in [-0.2, -0.15) is 5.10 Å². The summed E-state index contributed by atoms with van der Waals surface area (Å²) in [4.78, 5) is 13.1. The molecular formula is C36H33N3O4. The largest absolute Gasteiger partial charge is 0.493 e. The van der Waals surface area contributed by atoms with Gasteiger partial charge in [-0.15, -0.1) is 0 Å². The molecule has 0 bridgehead atoms. The molecule has 0 saturated heterocycles. The van der Waals surface area contributed by atoms with Gasteiger partial charge in [0.1, 0.15) is 11.4 Å². The van der Waals surface area contributed by atoms with Crippen molar-refractivity contribution in [1.82, 2.24) is 14.3 Å². The van der Waals surface area contributed by atoms with Crippen LogP contribution in [0.2, 0.25) is 0 Å². The number of aromatic carboxylic acids is 1. The van der Waals surface area contributed by atoms with Gasteiger partial charge in [-0.1, -0.05) is 78.9 Å². The van der Waals surface area contributed by atoms with Gasteiger partial charge in [0.2, 0.25) is 0 Å². The number of carbonyl (C=O) groups is 1.